The van der Waals surface area contributed by atoms with Gasteiger partial charge < -0.3 is 11.2 Å². The van der Waals surface area contributed by atoms with E-state index in [-0.39, 0.29) is 31.0 Å². The standard InChI is InChI=1S/C11H11NO5S.Na.H/c1-7-4-11(13)17-10-5-8(2-3-9(7)10)12-6-18(14,15)16;;/h2-5,12H,6H2,1H3,(H,14,15,16);;/q;+1;-1. The Labute approximate surface area is 133 Å². The Hall–Kier alpha value is -0.860. The number of hydrogen-bond acceptors (Lipinski definition) is 5. The van der Waals surface area contributed by atoms with Crippen LogP contribution in [0.1, 0.15) is 6.99 Å². The quantitative estimate of drug-likeness (QED) is 0.405. The molecule has 0 aliphatic heterocycles. The molecule has 19 heavy (non-hydrogen) atoms. The molecule has 1 aromatic heterocycles. The molecule has 0 fully saturated rings. The molecule has 2 N–H and O–H groups in total. The average Bonchev–Trinajstić information content (AvgIpc) is 2.24. The van der Waals surface area contributed by atoms with Gasteiger partial charge in [-0.2, -0.15) is 8.42 Å². The van der Waals surface area contributed by atoms with Crippen LogP contribution in [0.3, 0.4) is 0 Å². The minimum absolute atomic E-state index is 0. The molecule has 0 atom stereocenters. The van der Waals surface area contributed by atoms with Gasteiger partial charge in [0.05, 0.1) is 0 Å². The van der Waals surface area contributed by atoms with E-state index in [4.69, 9.17) is 8.97 Å². The van der Waals surface area contributed by atoms with Crippen LogP contribution in [-0.4, -0.2) is 18.8 Å². The predicted octanol–water partition coefficient (Wildman–Crippen LogP) is -1.52. The van der Waals surface area contributed by atoms with Crippen molar-refractivity contribution >= 4 is 26.8 Å². The van der Waals surface area contributed by atoms with Gasteiger partial charge in [0.2, 0.25) is 0 Å². The first kappa shape index (κ1) is 16.2. The third-order valence-electron chi connectivity index (χ3n) is 2.41. The second-order valence-electron chi connectivity index (χ2n) is 3.86. The number of rotatable bonds is 3. The van der Waals surface area contributed by atoms with Crippen molar-refractivity contribution in [2.45, 2.75) is 6.92 Å². The van der Waals surface area contributed by atoms with Gasteiger partial charge in [0, 0.05) is 23.2 Å². The average molecular weight is 293 g/mol. The molecule has 0 spiro atoms. The third kappa shape index (κ3) is 4.32. The SMILES string of the molecule is Cc1cc(=O)oc2cc(NCS(=O)(=O)O)ccc12.[H-].[Na+]. The van der Waals surface area contributed by atoms with Crippen LogP contribution in [0, 0.1) is 6.92 Å². The topological polar surface area (TPSA) is 96.6 Å². The maximum absolute atomic E-state index is 11.2. The maximum Gasteiger partial charge on any atom is 1.00 e. The smallest absolute Gasteiger partial charge is 1.00 e. The Morgan fingerprint density at radius 2 is 2.05 bits per heavy atom. The van der Waals surface area contributed by atoms with Crippen LogP contribution in [0.15, 0.2) is 33.5 Å². The summed E-state index contributed by atoms with van der Waals surface area (Å²) in [6.07, 6.45) is 0. The van der Waals surface area contributed by atoms with Gasteiger partial charge in [-0.25, -0.2) is 4.79 Å². The Kier molecular flexibility index (Phi) is 5.17. The van der Waals surface area contributed by atoms with Gasteiger partial charge in [0.1, 0.15) is 11.5 Å². The summed E-state index contributed by atoms with van der Waals surface area (Å²) in [7, 11) is -4.10. The first-order chi connectivity index (χ1) is 8.35. The molecule has 0 unspecified atom stereocenters. The Morgan fingerprint density at radius 3 is 2.68 bits per heavy atom. The van der Waals surface area contributed by atoms with Crippen LogP contribution < -0.4 is 40.5 Å². The molecule has 0 saturated carbocycles. The number of hydrogen-bond donors (Lipinski definition) is 2. The molecule has 2 aromatic rings. The fraction of sp³-hybridized carbons (Fsp3) is 0.182. The van der Waals surface area contributed by atoms with E-state index >= 15 is 0 Å². The monoisotopic (exact) mass is 293 g/mol. The zero-order valence-electron chi connectivity index (χ0n) is 11.5. The van der Waals surface area contributed by atoms with Crippen LogP contribution in [0.4, 0.5) is 5.69 Å². The summed E-state index contributed by atoms with van der Waals surface area (Å²) >= 11 is 0. The minimum atomic E-state index is -4.10. The van der Waals surface area contributed by atoms with E-state index in [1.807, 2.05) is 0 Å². The van der Waals surface area contributed by atoms with Crippen LogP contribution in [-0.2, 0) is 10.1 Å². The van der Waals surface area contributed by atoms with Gasteiger partial charge >= 0.3 is 35.2 Å². The van der Waals surface area contributed by atoms with Crippen LogP contribution in [0.25, 0.3) is 11.0 Å². The number of anilines is 1. The van der Waals surface area contributed by atoms with E-state index in [9.17, 15) is 13.2 Å². The molecule has 0 amide bonds. The molecule has 0 aliphatic carbocycles. The van der Waals surface area contributed by atoms with E-state index in [0.29, 0.717) is 11.3 Å². The number of fused-ring (bicyclic) bond motifs is 1. The van der Waals surface area contributed by atoms with Crippen LogP contribution in [0.5, 0.6) is 0 Å². The first-order valence-corrected chi connectivity index (χ1v) is 6.70. The van der Waals surface area contributed by atoms with Crippen molar-refractivity contribution in [3.05, 3.63) is 40.2 Å². The fourth-order valence-corrected chi connectivity index (χ4v) is 1.96. The molecule has 0 radical (unpaired) electrons. The molecule has 8 heteroatoms. The van der Waals surface area contributed by atoms with Gasteiger partial charge in [-0.1, -0.05) is 0 Å². The van der Waals surface area contributed by atoms with Gasteiger partial charge in [0.15, 0.2) is 0 Å². The molecular formula is C11H12NNaO5S. The van der Waals surface area contributed by atoms with Crippen LogP contribution in [0.2, 0.25) is 0 Å². The van der Waals surface area contributed by atoms with E-state index in [1.165, 1.54) is 12.1 Å². The van der Waals surface area contributed by atoms with Crippen molar-refractivity contribution < 1.29 is 48.4 Å². The second-order valence-corrected chi connectivity index (χ2v) is 5.31. The largest absolute Gasteiger partial charge is 1.00 e. The number of benzene rings is 1. The van der Waals surface area contributed by atoms with E-state index < -0.39 is 21.6 Å². The Morgan fingerprint density at radius 1 is 1.37 bits per heavy atom. The van der Waals surface area contributed by atoms with E-state index in [0.717, 1.165) is 10.9 Å². The van der Waals surface area contributed by atoms with E-state index in [1.54, 1.807) is 19.1 Å². The van der Waals surface area contributed by atoms with Gasteiger partial charge in [-0.3, -0.25) is 4.55 Å². The van der Waals surface area contributed by atoms with Crippen molar-refractivity contribution in [3.63, 3.8) is 0 Å². The molecule has 0 bridgehead atoms. The molecule has 1 heterocycles. The zero-order chi connectivity index (χ0) is 13.3. The summed E-state index contributed by atoms with van der Waals surface area (Å²) in [5, 5.41) is 3.29. The normalized spacial score (nSPS) is 11.1. The maximum atomic E-state index is 11.2. The summed E-state index contributed by atoms with van der Waals surface area (Å²) in [4.78, 5) is 11.2. The number of aryl methyl sites for hydroxylation is 1. The second kappa shape index (κ2) is 6.06. The molecule has 1 aromatic carbocycles. The van der Waals surface area contributed by atoms with Crippen molar-refractivity contribution in [1.29, 1.82) is 0 Å². The van der Waals surface area contributed by atoms with Crippen LogP contribution >= 0.6 is 0 Å². The van der Waals surface area contributed by atoms with Crippen molar-refractivity contribution in [2.24, 2.45) is 0 Å². The van der Waals surface area contributed by atoms with Gasteiger partial charge in [0.25, 0.3) is 10.1 Å². The molecular weight excluding hydrogens is 281 g/mol. The Bertz CT molecular complexity index is 759. The van der Waals surface area contributed by atoms with Gasteiger partial charge in [-0.15, -0.1) is 0 Å². The third-order valence-corrected chi connectivity index (χ3v) is 2.92. The van der Waals surface area contributed by atoms with Crippen molar-refractivity contribution in [2.75, 3.05) is 11.2 Å². The summed E-state index contributed by atoms with van der Waals surface area (Å²) in [5.74, 6) is -0.603. The van der Waals surface area contributed by atoms with Gasteiger partial charge in [-0.05, 0) is 24.6 Å². The molecule has 98 valence electrons. The predicted molar refractivity (Wildman–Crippen MR) is 68.4 cm³/mol. The number of nitrogens with one attached hydrogen (secondary N) is 1. The minimum Gasteiger partial charge on any atom is -1.00 e. The zero-order valence-corrected chi connectivity index (χ0v) is 13.3. The summed E-state index contributed by atoms with van der Waals surface area (Å²) in [6.45, 7) is 1.78. The Balaban J connectivity index is 0.00000180. The first-order valence-electron chi connectivity index (χ1n) is 5.09. The summed E-state index contributed by atoms with van der Waals surface area (Å²) in [6, 6.07) is 6.24. The molecule has 0 saturated heterocycles. The summed E-state index contributed by atoms with van der Waals surface area (Å²) < 4.78 is 34.8. The summed E-state index contributed by atoms with van der Waals surface area (Å²) in [5.41, 5.74) is 1.11. The van der Waals surface area contributed by atoms with E-state index in [2.05, 4.69) is 5.32 Å². The van der Waals surface area contributed by atoms with Crippen molar-refractivity contribution in [3.8, 4) is 0 Å². The molecule has 0 aliphatic rings. The molecule has 6 nitrogen and oxygen atoms in total. The fourth-order valence-electron chi connectivity index (χ4n) is 1.61. The van der Waals surface area contributed by atoms with Crippen molar-refractivity contribution in [1.82, 2.24) is 0 Å². The molecule has 2 rings (SSSR count).